The van der Waals surface area contributed by atoms with Crippen molar-refractivity contribution in [1.82, 2.24) is 5.16 Å². The van der Waals surface area contributed by atoms with Crippen LogP contribution >= 0.6 is 0 Å². The molecule has 1 amide bonds. The van der Waals surface area contributed by atoms with Crippen LogP contribution in [0.5, 0.6) is 5.75 Å². The molecular weight excluding hydrogens is 396 g/mol. The van der Waals surface area contributed by atoms with Gasteiger partial charge in [0, 0.05) is 5.56 Å². The van der Waals surface area contributed by atoms with Crippen LogP contribution in [0.4, 0.5) is 5.69 Å². The number of benzene rings is 3. The number of esters is 1. The molecule has 0 fully saturated rings. The molecule has 0 atom stereocenters. The van der Waals surface area contributed by atoms with Crippen molar-refractivity contribution in [1.29, 1.82) is 0 Å². The molecule has 7 heteroatoms. The maximum atomic E-state index is 12.5. The van der Waals surface area contributed by atoms with E-state index in [0.717, 1.165) is 11.1 Å². The average Bonchev–Trinajstić information content (AvgIpc) is 3.21. The predicted molar refractivity (Wildman–Crippen MR) is 116 cm³/mol. The number of hydrogen-bond donors (Lipinski definition) is 1. The number of aromatic nitrogens is 1. The van der Waals surface area contributed by atoms with Crippen molar-refractivity contribution in [2.45, 2.75) is 6.92 Å². The largest absolute Gasteiger partial charge is 0.495 e. The fourth-order valence-corrected chi connectivity index (χ4v) is 3.19. The van der Waals surface area contributed by atoms with Crippen LogP contribution in [0.1, 0.15) is 15.9 Å². The first kappa shape index (κ1) is 20.2. The highest BCUT2D eigenvalue weighted by Crippen LogP contribution is 2.29. The summed E-state index contributed by atoms with van der Waals surface area (Å²) in [6.45, 7) is 1.48. The number of fused-ring (bicyclic) bond motifs is 1. The molecule has 0 saturated heterocycles. The van der Waals surface area contributed by atoms with E-state index in [1.807, 2.05) is 43.3 Å². The first-order valence-electron chi connectivity index (χ1n) is 9.61. The van der Waals surface area contributed by atoms with E-state index >= 15 is 0 Å². The van der Waals surface area contributed by atoms with Crippen molar-refractivity contribution in [3.05, 3.63) is 77.9 Å². The topological polar surface area (TPSA) is 90.7 Å². The van der Waals surface area contributed by atoms with E-state index in [0.29, 0.717) is 33.7 Å². The van der Waals surface area contributed by atoms with Gasteiger partial charge in [0.25, 0.3) is 5.91 Å². The molecule has 3 aromatic carbocycles. The van der Waals surface area contributed by atoms with Crippen LogP contribution in [-0.2, 0) is 9.53 Å². The van der Waals surface area contributed by atoms with Crippen LogP contribution in [0.15, 0.2) is 71.3 Å². The van der Waals surface area contributed by atoms with Gasteiger partial charge < -0.3 is 19.3 Å². The lowest BCUT2D eigenvalue weighted by molar-refractivity contribution is -0.119. The Hall–Kier alpha value is -4.13. The van der Waals surface area contributed by atoms with E-state index in [2.05, 4.69) is 10.5 Å². The van der Waals surface area contributed by atoms with Crippen LogP contribution < -0.4 is 10.1 Å². The zero-order valence-electron chi connectivity index (χ0n) is 17.0. The smallest absolute Gasteiger partial charge is 0.338 e. The summed E-state index contributed by atoms with van der Waals surface area (Å²) in [5.74, 6) is 0.00733. The SMILES string of the molecule is COc1ccc(C)cc1NC(=O)COC(=O)c1ccc2noc(-c3ccccc3)c2c1. The normalized spacial score (nSPS) is 10.6. The Morgan fingerprint density at radius 1 is 1.03 bits per heavy atom. The third kappa shape index (κ3) is 4.40. The van der Waals surface area contributed by atoms with Crippen LogP contribution in [0.3, 0.4) is 0 Å². The number of carbonyl (C=O) groups is 2. The van der Waals surface area contributed by atoms with E-state index in [-0.39, 0.29) is 0 Å². The van der Waals surface area contributed by atoms with Gasteiger partial charge in [-0.15, -0.1) is 0 Å². The van der Waals surface area contributed by atoms with E-state index in [4.69, 9.17) is 14.0 Å². The molecule has 1 N–H and O–H groups in total. The molecule has 0 unspecified atom stereocenters. The number of anilines is 1. The standard InChI is InChI=1S/C24H20N2O5/c1-15-8-11-21(29-2)20(12-15)25-22(27)14-30-24(28)17-9-10-19-18(13-17)23(31-26-19)16-6-4-3-5-7-16/h3-13H,14H2,1-2H3,(H,25,27). The number of rotatable bonds is 6. The fourth-order valence-electron chi connectivity index (χ4n) is 3.19. The maximum absolute atomic E-state index is 12.5. The Bertz CT molecular complexity index is 1250. The van der Waals surface area contributed by atoms with Gasteiger partial charge in [-0.05, 0) is 42.8 Å². The summed E-state index contributed by atoms with van der Waals surface area (Å²) in [4.78, 5) is 24.8. The van der Waals surface area contributed by atoms with Crippen molar-refractivity contribution in [2.75, 3.05) is 19.0 Å². The van der Waals surface area contributed by atoms with E-state index in [1.165, 1.54) is 7.11 Å². The highest BCUT2D eigenvalue weighted by atomic mass is 16.5. The Kier molecular flexibility index (Phi) is 5.66. The summed E-state index contributed by atoms with van der Waals surface area (Å²) < 4.78 is 15.9. The predicted octanol–water partition coefficient (Wildman–Crippen LogP) is 4.61. The van der Waals surface area contributed by atoms with Gasteiger partial charge in [-0.1, -0.05) is 41.6 Å². The summed E-state index contributed by atoms with van der Waals surface area (Å²) in [5.41, 5.74) is 3.25. The van der Waals surface area contributed by atoms with E-state index in [1.54, 1.807) is 30.3 Å². The van der Waals surface area contributed by atoms with Crippen molar-refractivity contribution in [3.8, 4) is 17.1 Å². The molecule has 0 bridgehead atoms. The van der Waals surface area contributed by atoms with Gasteiger partial charge >= 0.3 is 5.97 Å². The second kappa shape index (κ2) is 8.71. The van der Waals surface area contributed by atoms with Crippen molar-refractivity contribution in [3.63, 3.8) is 0 Å². The first-order valence-corrected chi connectivity index (χ1v) is 9.61. The molecule has 4 aromatic rings. The van der Waals surface area contributed by atoms with Gasteiger partial charge in [0.2, 0.25) is 0 Å². The second-order valence-electron chi connectivity index (χ2n) is 6.94. The number of nitrogens with zero attached hydrogens (tertiary/aromatic N) is 1. The van der Waals surface area contributed by atoms with Crippen molar-refractivity contribution in [2.24, 2.45) is 0 Å². The average molecular weight is 416 g/mol. The molecule has 1 aromatic heterocycles. The van der Waals surface area contributed by atoms with Gasteiger partial charge in [0.1, 0.15) is 11.3 Å². The quantitative estimate of drug-likeness (QED) is 0.462. The number of ether oxygens (including phenoxy) is 2. The van der Waals surface area contributed by atoms with Crippen LogP contribution in [0.25, 0.3) is 22.2 Å². The molecule has 0 aliphatic carbocycles. The first-order chi connectivity index (χ1) is 15.0. The Morgan fingerprint density at radius 3 is 2.61 bits per heavy atom. The van der Waals surface area contributed by atoms with E-state index < -0.39 is 18.5 Å². The maximum Gasteiger partial charge on any atom is 0.338 e. The van der Waals surface area contributed by atoms with Crippen molar-refractivity contribution < 1.29 is 23.6 Å². The molecule has 0 aliphatic heterocycles. The monoisotopic (exact) mass is 416 g/mol. The zero-order valence-corrected chi connectivity index (χ0v) is 17.0. The highest BCUT2D eigenvalue weighted by molar-refractivity contribution is 6.00. The van der Waals surface area contributed by atoms with Crippen LogP contribution in [0, 0.1) is 6.92 Å². The number of hydrogen-bond acceptors (Lipinski definition) is 6. The van der Waals surface area contributed by atoms with Gasteiger partial charge in [0.05, 0.1) is 23.7 Å². The third-order valence-electron chi connectivity index (χ3n) is 4.71. The minimum absolute atomic E-state index is 0.300. The summed E-state index contributed by atoms with van der Waals surface area (Å²) >= 11 is 0. The van der Waals surface area contributed by atoms with Gasteiger partial charge in [-0.3, -0.25) is 4.79 Å². The van der Waals surface area contributed by atoms with Crippen LogP contribution in [0.2, 0.25) is 0 Å². The second-order valence-corrected chi connectivity index (χ2v) is 6.94. The number of aryl methyl sites for hydroxylation is 1. The molecule has 4 rings (SSSR count). The number of nitrogens with one attached hydrogen (secondary N) is 1. The molecule has 156 valence electrons. The molecule has 7 nitrogen and oxygen atoms in total. The zero-order chi connectivity index (χ0) is 21.8. The minimum atomic E-state index is -0.617. The minimum Gasteiger partial charge on any atom is -0.495 e. The Labute approximate surface area is 178 Å². The summed E-state index contributed by atoms with van der Waals surface area (Å²) in [7, 11) is 1.52. The van der Waals surface area contributed by atoms with Gasteiger partial charge in [0.15, 0.2) is 12.4 Å². The number of carbonyl (C=O) groups excluding carboxylic acids is 2. The molecule has 1 heterocycles. The molecule has 0 aliphatic rings. The Balaban J connectivity index is 1.46. The van der Waals surface area contributed by atoms with E-state index in [9.17, 15) is 9.59 Å². The lowest BCUT2D eigenvalue weighted by Gasteiger charge is -2.11. The lowest BCUT2D eigenvalue weighted by Crippen LogP contribution is -2.21. The van der Waals surface area contributed by atoms with Crippen molar-refractivity contribution >= 4 is 28.5 Å². The summed E-state index contributed by atoms with van der Waals surface area (Å²) in [6.07, 6.45) is 0. The molecule has 0 spiro atoms. The Morgan fingerprint density at radius 2 is 1.84 bits per heavy atom. The number of methoxy groups -OCH3 is 1. The van der Waals surface area contributed by atoms with Gasteiger partial charge in [-0.25, -0.2) is 4.79 Å². The van der Waals surface area contributed by atoms with Crippen LogP contribution in [-0.4, -0.2) is 30.7 Å². The fraction of sp³-hybridized carbons (Fsp3) is 0.125. The molecular formula is C24H20N2O5. The summed E-state index contributed by atoms with van der Waals surface area (Å²) in [5, 5.41) is 7.43. The summed E-state index contributed by atoms with van der Waals surface area (Å²) in [6, 6.07) is 19.8. The highest BCUT2D eigenvalue weighted by Gasteiger charge is 2.16. The molecule has 0 radical (unpaired) electrons. The number of amides is 1. The lowest BCUT2D eigenvalue weighted by atomic mass is 10.1. The third-order valence-corrected chi connectivity index (χ3v) is 4.71. The molecule has 0 saturated carbocycles. The molecule has 31 heavy (non-hydrogen) atoms. The van der Waals surface area contributed by atoms with Gasteiger partial charge in [-0.2, -0.15) is 0 Å².